The fraction of sp³-hybridized carbons (Fsp3) is 0.182. The molecule has 0 atom stereocenters. The van der Waals surface area contributed by atoms with Crippen molar-refractivity contribution in [1.29, 1.82) is 0 Å². The van der Waals surface area contributed by atoms with Gasteiger partial charge in [0, 0.05) is 25.3 Å². The predicted octanol–water partition coefficient (Wildman–Crippen LogP) is 2.10. The van der Waals surface area contributed by atoms with Crippen LogP contribution in [-0.2, 0) is 4.79 Å². The zero-order valence-electron chi connectivity index (χ0n) is 8.20. The molecule has 0 aliphatic carbocycles. The number of rotatable bonds is 3. The Kier molecular flexibility index (Phi) is 3.40. The van der Waals surface area contributed by atoms with E-state index in [1.54, 1.807) is 12.1 Å². The molecule has 0 heterocycles. The van der Waals surface area contributed by atoms with Crippen LogP contribution in [0.4, 0.5) is 10.1 Å². The van der Waals surface area contributed by atoms with Gasteiger partial charge in [0.15, 0.2) is 0 Å². The number of nitrogens with zero attached hydrogens (tertiary/aromatic N) is 1. The number of carbonyl (C=O) groups excluding carboxylic acids is 1. The van der Waals surface area contributed by atoms with Gasteiger partial charge in [-0.15, -0.1) is 0 Å². The van der Waals surface area contributed by atoms with E-state index in [0.717, 1.165) is 5.69 Å². The van der Waals surface area contributed by atoms with Crippen LogP contribution in [0.25, 0.3) is 6.08 Å². The Labute approximate surface area is 82.7 Å². The molecular weight excluding hydrogens is 181 g/mol. The van der Waals surface area contributed by atoms with Crippen LogP contribution < -0.4 is 4.90 Å². The Morgan fingerprint density at radius 3 is 2.57 bits per heavy atom. The summed E-state index contributed by atoms with van der Waals surface area (Å²) < 4.78 is 13.3. The lowest BCUT2D eigenvalue weighted by atomic mass is 10.1. The maximum absolute atomic E-state index is 13.3. The number of benzene rings is 1. The normalized spacial score (nSPS) is 10.5. The topological polar surface area (TPSA) is 20.3 Å². The van der Waals surface area contributed by atoms with Gasteiger partial charge in [-0.2, -0.15) is 0 Å². The minimum atomic E-state index is -0.325. The molecule has 1 aromatic carbocycles. The van der Waals surface area contributed by atoms with Crippen LogP contribution in [0, 0.1) is 5.82 Å². The van der Waals surface area contributed by atoms with Crippen LogP contribution in [0.15, 0.2) is 24.3 Å². The third kappa shape index (κ3) is 2.42. The predicted molar refractivity (Wildman–Crippen MR) is 55.8 cm³/mol. The first kappa shape index (κ1) is 10.4. The molecule has 14 heavy (non-hydrogen) atoms. The lowest BCUT2D eigenvalue weighted by Gasteiger charge is -2.12. The summed E-state index contributed by atoms with van der Waals surface area (Å²) in [6.07, 6.45) is 3.34. The molecule has 1 aromatic rings. The number of aldehydes is 1. The van der Waals surface area contributed by atoms with Gasteiger partial charge in [0.2, 0.25) is 0 Å². The van der Waals surface area contributed by atoms with Gasteiger partial charge in [-0.1, -0.05) is 0 Å². The fourth-order valence-corrected chi connectivity index (χ4v) is 1.07. The second kappa shape index (κ2) is 4.56. The number of halogens is 1. The molecule has 0 amide bonds. The fourth-order valence-electron chi connectivity index (χ4n) is 1.07. The molecule has 74 valence electrons. The highest BCUT2D eigenvalue weighted by molar-refractivity contribution is 5.74. The van der Waals surface area contributed by atoms with Gasteiger partial charge >= 0.3 is 0 Å². The molecular formula is C11H12FNO. The van der Waals surface area contributed by atoms with E-state index in [2.05, 4.69) is 0 Å². The van der Waals surface area contributed by atoms with Crippen molar-refractivity contribution in [3.8, 4) is 0 Å². The first-order chi connectivity index (χ1) is 6.65. The molecule has 0 aliphatic rings. The molecule has 1 rings (SSSR count). The van der Waals surface area contributed by atoms with Crippen molar-refractivity contribution in [3.63, 3.8) is 0 Å². The first-order valence-corrected chi connectivity index (χ1v) is 4.24. The van der Waals surface area contributed by atoms with E-state index in [1.807, 2.05) is 19.0 Å². The summed E-state index contributed by atoms with van der Waals surface area (Å²) in [6.45, 7) is 0. The summed E-state index contributed by atoms with van der Waals surface area (Å²) in [5, 5.41) is 0. The SMILES string of the molecule is CN(C)c1ccc(/C=C/C=O)c(F)c1. The van der Waals surface area contributed by atoms with Crippen molar-refractivity contribution < 1.29 is 9.18 Å². The van der Waals surface area contributed by atoms with Gasteiger partial charge in [0.25, 0.3) is 0 Å². The Morgan fingerprint density at radius 1 is 1.36 bits per heavy atom. The summed E-state index contributed by atoms with van der Waals surface area (Å²) in [5.41, 5.74) is 1.22. The lowest BCUT2D eigenvalue weighted by molar-refractivity contribution is -0.104. The molecule has 0 saturated heterocycles. The van der Waals surface area contributed by atoms with Crippen LogP contribution in [0.2, 0.25) is 0 Å². The quantitative estimate of drug-likeness (QED) is 0.541. The standard InChI is InChI=1S/C11H12FNO/c1-13(2)10-6-5-9(4-3-7-14)11(12)8-10/h3-8H,1-2H3/b4-3+. The first-order valence-electron chi connectivity index (χ1n) is 4.24. The van der Waals surface area contributed by atoms with Crippen LogP contribution in [0.3, 0.4) is 0 Å². The summed E-state index contributed by atoms with van der Waals surface area (Å²) in [5.74, 6) is -0.325. The summed E-state index contributed by atoms with van der Waals surface area (Å²) >= 11 is 0. The highest BCUT2D eigenvalue weighted by atomic mass is 19.1. The Balaban J connectivity index is 3.01. The smallest absolute Gasteiger partial charge is 0.142 e. The molecule has 0 N–H and O–H groups in total. The molecule has 0 saturated carbocycles. The molecule has 2 nitrogen and oxygen atoms in total. The lowest BCUT2D eigenvalue weighted by Crippen LogP contribution is -2.08. The monoisotopic (exact) mass is 193 g/mol. The molecule has 0 unspecified atom stereocenters. The maximum atomic E-state index is 13.3. The van der Waals surface area contributed by atoms with Crippen molar-refractivity contribution in [3.05, 3.63) is 35.7 Å². The van der Waals surface area contributed by atoms with Crippen molar-refractivity contribution in [2.45, 2.75) is 0 Å². The van der Waals surface area contributed by atoms with E-state index < -0.39 is 0 Å². The van der Waals surface area contributed by atoms with Crippen molar-refractivity contribution >= 4 is 18.0 Å². The molecule has 3 heteroatoms. The van der Waals surface area contributed by atoms with Crippen LogP contribution >= 0.6 is 0 Å². The zero-order chi connectivity index (χ0) is 10.6. The highest BCUT2D eigenvalue weighted by Crippen LogP contribution is 2.17. The summed E-state index contributed by atoms with van der Waals surface area (Å²) in [6, 6.07) is 4.88. The van der Waals surface area contributed by atoms with E-state index in [4.69, 9.17) is 0 Å². The molecule has 0 spiro atoms. The van der Waals surface area contributed by atoms with E-state index in [-0.39, 0.29) is 5.82 Å². The number of allylic oxidation sites excluding steroid dienone is 1. The van der Waals surface area contributed by atoms with Crippen LogP contribution in [0.1, 0.15) is 5.56 Å². The van der Waals surface area contributed by atoms with Crippen molar-refractivity contribution in [2.24, 2.45) is 0 Å². The number of anilines is 1. The van der Waals surface area contributed by atoms with Gasteiger partial charge in [0.1, 0.15) is 12.1 Å². The van der Waals surface area contributed by atoms with Gasteiger partial charge < -0.3 is 4.90 Å². The molecule has 0 bridgehead atoms. The number of carbonyl (C=O) groups is 1. The van der Waals surface area contributed by atoms with Crippen LogP contribution in [0.5, 0.6) is 0 Å². The van der Waals surface area contributed by atoms with Gasteiger partial charge in [-0.05, 0) is 30.4 Å². The molecule has 0 aromatic heterocycles. The van der Waals surface area contributed by atoms with E-state index >= 15 is 0 Å². The van der Waals surface area contributed by atoms with Crippen molar-refractivity contribution in [1.82, 2.24) is 0 Å². The summed E-state index contributed by atoms with van der Waals surface area (Å²) in [4.78, 5) is 11.9. The second-order valence-corrected chi connectivity index (χ2v) is 3.10. The van der Waals surface area contributed by atoms with E-state index in [0.29, 0.717) is 11.8 Å². The minimum absolute atomic E-state index is 0.325. The van der Waals surface area contributed by atoms with Gasteiger partial charge in [-0.25, -0.2) is 4.39 Å². The largest absolute Gasteiger partial charge is 0.378 e. The van der Waals surface area contributed by atoms with Gasteiger partial charge in [-0.3, -0.25) is 4.79 Å². The van der Waals surface area contributed by atoms with E-state index in [1.165, 1.54) is 18.2 Å². The Bertz CT molecular complexity index is 358. The Morgan fingerprint density at radius 2 is 2.07 bits per heavy atom. The van der Waals surface area contributed by atoms with E-state index in [9.17, 15) is 9.18 Å². The summed E-state index contributed by atoms with van der Waals surface area (Å²) in [7, 11) is 3.69. The second-order valence-electron chi connectivity index (χ2n) is 3.10. The van der Waals surface area contributed by atoms with Crippen LogP contribution in [-0.4, -0.2) is 20.4 Å². The highest BCUT2D eigenvalue weighted by Gasteiger charge is 2.01. The average molecular weight is 193 g/mol. The zero-order valence-corrected chi connectivity index (χ0v) is 8.20. The average Bonchev–Trinajstić information content (AvgIpc) is 2.15. The maximum Gasteiger partial charge on any atom is 0.142 e. The minimum Gasteiger partial charge on any atom is -0.378 e. The number of hydrogen-bond acceptors (Lipinski definition) is 2. The van der Waals surface area contributed by atoms with Gasteiger partial charge in [0.05, 0.1) is 0 Å². The third-order valence-corrected chi connectivity index (χ3v) is 1.85. The molecule has 0 fully saturated rings. The molecule has 0 radical (unpaired) electrons. The van der Waals surface area contributed by atoms with Crippen molar-refractivity contribution in [2.75, 3.05) is 19.0 Å². The molecule has 0 aliphatic heterocycles. The third-order valence-electron chi connectivity index (χ3n) is 1.85. The Hall–Kier alpha value is -1.64. The number of hydrogen-bond donors (Lipinski definition) is 0.